The summed E-state index contributed by atoms with van der Waals surface area (Å²) >= 11 is 0. The van der Waals surface area contributed by atoms with Crippen LogP contribution in [0, 0.1) is 5.82 Å². The smallest absolute Gasteiger partial charge is 0.416 e. The molecule has 1 atom stereocenters. The lowest BCUT2D eigenvalue weighted by Crippen LogP contribution is -2.25. The summed E-state index contributed by atoms with van der Waals surface area (Å²) in [6, 6.07) is 7.91. The van der Waals surface area contributed by atoms with Crippen molar-refractivity contribution in [2.75, 3.05) is 6.61 Å². The number of aliphatic carboxylic acids is 1. The first-order valence-electron chi connectivity index (χ1n) is 8.66. The number of alkyl halides is 3. The number of fused-ring (bicyclic) bond motifs is 1. The van der Waals surface area contributed by atoms with Crippen LogP contribution in [0.2, 0.25) is 0 Å². The highest BCUT2D eigenvalue weighted by Gasteiger charge is 2.34. The summed E-state index contributed by atoms with van der Waals surface area (Å²) in [6.07, 6.45) is -3.04. The van der Waals surface area contributed by atoms with Gasteiger partial charge in [-0.15, -0.1) is 0 Å². The van der Waals surface area contributed by atoms with Crippen LogP contribution in [0.3, 0.4) is 0 Å². The topological polar surface area (TPSA) is 55.8 Å². The van der Waals surface area contributed by atoms with Crippen LogP contribution in [0.15, 0.2) is 36.4 Å². The van der Waals surface area contributed by atoms with E-state index < -0.39 is 35.7 Å². The Balaban J connectivity index is 1.69. The molecule has 150 valence electrons. The normalized spacial score (nSPS) is 16.5. The zero-order valence-corrected chi connectivity index (χ0v) is 14.8. The lowest BCUT2D eigenvalue weighted by Gasteiger charge is -2.25. The SMILES string of the molecule is O=C(O)COC1CCc2cc(OCc3c(F)cccc3C(F)(F)F)ccc2C1. The molecule has 0 amide bonds. The number of aryl methyl sites for hydroxylation is 1. The van der Waals surface area contributed by atoms with Gasteiger partial charge >= 0.3 is 12.1 Å². The van der Waals surface area contributed by atoms with Crippen LogP contribution >= 0.6 is 0 Å². The maximum absolute atomic E-state index is 13.9. The van der Waals surface area contributed by atoms with Crippen LogP contribution in [0.4, 0.5) is 17.6 Å². The molecule has 8 heteroatoms. The van der Waals surface area contributed by atoms with Gasteiger partial charge in [-0.3, -0.25) is 0 Å². The van der Waals surface area contributed by atoms with Crippen molar-refractivity contribution in [2.45, 2.75) is 38.1 Å². The summed E-state index contributed by atoms with van der Waals surface area (Å²) in [5, 5.41) is 8.68. The van der Waals surface area contributed by atoms with E-state index in [1.54, 1.807) is 18.2 Å². The fraction of sp³-hybridized carbons (Fsp3) is 0.350. The number of hydrogen-bond donors (Lipinski definition) is 1. The molecule has 0 spiro atoms. The Labute approximate surface area is 158 Å². The van der Waals surface area contributed by atoms with Crippen molar-refractivity contribution in [3.8, 4) is 5.75 Å². The number of hydrogen-bond acceptors (Lipinski definition) is 3. The van der Waals surface area contributed by atoms with Crippen molar-refractivity contribution in [1.82, 2.24) is 0 Å². The van der Waals surface area contributed by atoms with E-state index >= 15 is 0 Å². The number of ether oxygens (including phenoxy) is 2. The highest BCUT2D eigenvalue weighted by atomic mass is 19.4. The molecule has 1 unspecified atom stereocenters. The first kappa shape index (κ1) is 20.1. The molecule has 1 aliphatic carbocycles. The Morgan fingerprint density at radius 2 is 1.96 bits per heavy atom. The molecule has 0 saturated carbocycles. The number of carboxylic acid groups (broad SMARTS) is 1. The minimum absolute atomic E-state index is 0.192. The predicted molar refractivity (Wildman–Crippen MR) is 91.6 cm³/mol. The third-order valence-corrected chi connectivity index (χ3v) is 4.61. The molecule has 0 aliphatic heterocycles. The minimum Gasteiger partial charge on any atom is -0.489 e. The molecule has 0 aromatic heterocycles. The monoisotopic (exact) mass is 398 g/mol. The summed E-state index contributed by atoms with van der Waals surface area (Å²) < 4.78 is 63.8. The zero-order chi connectivity index (χ0) is 20.3. The molecule has 2 aromatic carbocycles. The van der Waals surface area contributed by atoms with E-state index in [-0.39, 0.29) is 12.7 Å². The van der Waals surface area contributed by atoms with Gasteiger partial charge in [0.15, 0.2) is 0 Å². The Kier molecular flexibility index (Phi) is 5.88. The lowest BCUT2D eigenvalue weighted by atomic mass is 9.89. The Morgan fingerprint density at radius 3 is 2.68 bits per heavy atom. The van der Waals surface area contributed by atoms with Crippen molar-refractivity contribution in [3.05, 3.63) is 64.5 Å². The number of benzene rings is 2. The van der Waals surface area contributed by atoms with Crippen molar-refractivity contribution < 1.29 is 36.9 Å². The molecule has 3 rings (SSSR count). The highest BCUT2D eigenvalue weighted by Crippen LogP contribution is 2.34. The fourth-order valence-electron chi connectivity index (χ4n) is 3.25. The molecule has 1 aliphatic rings. The lowest BCUT2D eigenvalue weighted by molar-refractivity contribution is -0.144. The second-order valence-corrected chi connectivity index (χ2v) is 6.55. The number of carboxylic acids is 1. The molecule has 0 bridgehead atoms. The predicted octanol–water partition coefficient (Wildman–Crippen LogP) is 4.38. The second-order valence-electron chi connectivity index (χ2n) is 6.55. The fourth-order valence-corrected chi connectivity index (χ4v) is 3.25. The van der Waals surface area contributed by atoms with E-state index in [4.69, 9.17) is 14.6 Å². The van der Waals surface area contributed by atoms with Gasteiger partial charge in [0.1, 0.15) is 24.8 Å². The van der Waals surface area contributed by atoms with E-state index in [9.17, 15) is 22.4 Å². The van der Waals surface area contributed by atoms with Gasteiger partial charge in [-0.2, -0.15) is 13.2 Å². The van der Waals surface area contributed by atoms with Gasteiger partial charge in [0.2, 0.25) is 0 Å². The molecule has 0 fully saturated rings. The van der Waals surface area contributed by atoms with Crippen molar-refractivity contribution >= 4 is 5.97 Å². The quantitative estimate of drug-likeness (QED) is 0.734. The van der Waals surface area contributed by atoms with E-state index in [2.05, 4.69) is 0 Å². The number of rotatable bonds is 6. The van der Waals surface area contributed by atoms with Crippen LogP contribution < -0.4 is 4.74 Å². The van der Waals surface area contributed by atoms with Gasteiger partial charge in [0.25, 0.3) is 0 Å². The Hall–Kier alpha value is -2.61. The van der Waals surface area contributed by atoms with Crippen LogP contribution in [-0.2, 0) is 35.2 Å². The third kappa shape index (κ3) is 4.81. The maximum atomic E-state index is 13.9. The number of halogens is 4. The molecule has 4 nitrogen and oxygen atoms in total. The molecular weight excluding hydrogens is 380 g/mol. The van der Waals surface area contributed by atoms with Gasteiger partial charge < -0.3 is 14.6 Å². The van der Waals surface area contributed by atoms with Gasteiger partial charge in [0, 0.05) is 5.56 Å². The molecule has 28 heavy (non-hydrogen) atoms. The van der Waals surface area contributed by atoms with E-state index in [1.807, 2.05) is 0 Å². The molecule has 0 saturated heterocycles. The second kappa shape index (κ2) is 8.18. The van der Waals surface area contributed by atoms with Crippen LogP contribution in [0.5, 0.6) is 5.75 Å². The van der Waals surface area contributed by atoms with Gasteiger partial charge in [-0.1, -0.05) is 12.1 Å². The van der Waals surface area contributed by atoms with Gasteiger partial charge in [0.05, 0.1) is 11.7 Å². The van der Waals surface area contributed by atoms with E-state index in [0.717, 1.165) is 29.3 Å². The van der Waals surface area contributed by atoms with Gasteiger partial charge in [-0.25, -0.2) is 9.18 Å². The largest absolute Gasteiger partial charge is 0.489 e. The Morgan fingerprint density at radius 1 is 1.18 bits per heavy atom. The summed E-state index contributed by atoms with van der Waals surface area (Å²) in [7, 11) is 0. The molecule has 0 heterocycles. The average Bonchev–Trinajstić information content (AvgIpc) is 2.64. The summed E-state index contributed by atoms with van der Waals surface area (Å²) in [4.78, 5) is 10.6. The summed E-state index contributed by atoms with van der Waals surface area (Å²) in [6.45, 7) is -0.893. The van der Waals surface area contributed by atoms with E-state index in [0.29, 0.717) is 25.0 Å². The van der Waals surface area contributed by atoms with Gasteiger partial charge in [-0.05, 0) is 54.7 Å². The first-order chi connectivity index (χ1) is 13.2. The van der Waals surface area contributed by atoms with Crippen LogP contribution in [0.1, 0.15) is 28.7 Å². The Bertz CT molecular complexity index is 864. The van der Waals surface area contributed by atoms with E-state index in [1.165, 1.54) is 0 Å². The zero-order valence-electron chi connectivity index (χ0n) is 14.8. The first-order valence-corrected chi connectivity index (χ1v) is 8.66. The molecule has 0 radical (unpaired) electrons. The maximum Gasteiger partial charge on any atom is 0.416 e. The minimum atomic E-state index is -4.67. The summed E-state index contributed by atoms with van der Waals surface area (Å²) in [5.74, 6) is -1.65. The van der Waals surface area contributed by atoms with Crippen LogP contribution in [0.25, 0.3) is 0 Å². The van der Waals surface area contributed by atoms with Crippen molar-refractivity contribution in [3.63, 3.8) is 0 Å². The van der Waals surface area contributed by atoms with Crippen molar-refractivity contribution in [2.24, 2.45) is 0 Å². The molecule has 1 N–H and O–H groups in total. The average molecular weight is 398 g/mol. The molecule has 2 aromatic rings. The third-order valence-electron chi connectivity index (χ3n) is 4.61. The highest BCUT2D eigenvalue weighted by molar-refractivity contribution is 5.68. The van der Waals surface area contributed by atoms with Crippen LogP contribution in [-0.4, -0.2) is 23.8 Å². The molecular formula is C20H18F4O4. The summed E-state index contributed by atoms with van der Waals surface area (Å²) in [5.41, 5.74) is 0.340. The van der Waals surface area contributed by atoms with Crippen molar-refractivity contribution in [1.29, 1.82) is 0 Å². The standard InChI is InChI=1S/C20H18F4O4/c21-18-3-1-2-17(20(22,23)24)16(18)10-27-14-6-4-13-9-15(28-11-19(25)26)7-5-12(13)8-14/h1-4,6,8,15H,5,7,9-11H2,(H,25,26). The number of carbonyl (C=O) groups is 1.